The van der Waals surface area contributed by atoms with E-state index in [1.807, 2.05) is 42.6 Å². The van der Waals surface area contributed by atoms with Gasteiger partial charge in [0.2, 0.25) is 0 Å². The second kappa shape index (κ2) is 7.91. The molecule has 0 saturated carbocycles. The maximum absolute atomic E-state index is 12.4. The van der Waals surface area contributed by atoms with E-state index in [4.69, 9.17) is 27.9 Å². The summed E-state index contributed by atoms with van der Waals surface area (Å²) < 4.78 is 5.76. The van der Waals surface area contributed by atoms with Crippen molar-refractivity contribution in [3.05, 3.63) is 80.0 Å². The van der Waals surface area contributed by atoms with Crippen molar-refractivity contribution in [3.8, 4) is 5.75 Å². The van der Waals surface area contributed by atoms with Gasteiger partial charge in [0.25, 0.3) is 5.91 Å². The first kappa shape index (κ1) is 17.8. The van der Waals surface area contributed by atoms with E-state index in [-0.39, 0.29) is 5.91 Å². The molecule has 1 amide bonds. The molecule has 1 aromatic heterocycles. The lowest BCUT2D eigenvalue weighted by molar-refractivity contribution is 0.103. The van der Waals surface area contributed by atoms with Crippen molar-refractivity contribution >= 4 is 46.1 Å². The van der Waals surface area contributed by atoms with E-state index in [9.17, 15) is 4.79 Å². The lowest BCUT2D eigenvalue weighted by Crippen LogP contribution is -2.10. The van der Waals surface area contributed by atoms with Gasteiger partial charge in [-0.1, -0.05) is 41.4 Å². The van der Waals surface area contributed by atoms with Crippen LogP contribution in [0.3, 0.4) is 0 Å². The van der Waals surface area contributed by atoms with Crippen molar-refractivity contribution < 1.29 is 9.53 Å². The Morgan fingerprint density at radius 2 is 1.96 bits per heavy atom. The van der Waals surface area contributed by atoms with Gasteiger partial charge in [0.15, 0.2) is 0 Å². The minimum Gasteiger partial charge on any atom is -0.489 e. The van der Waals surface area contributed by atoms with Crippen molar-refractivity contribution in [2.45, 2.75) is 13.5 Å². The summed E-state index contributed by atoms with van der Waals surface area (Å²) in [6, 6.07) is 14.8. The molecule has 128 valence electrons. The quantitative estimate of drug-likeness (QED) is 0.562. The number of hydrogen-bond donors (Lipinski definition) is 1. The van der Waals surface area contributed by atoms with E-state index in [1.54, 1.807) is 18.2 Å². The average Bonchev–Trinajstić information content (AvgIpc) is 3.06. The van der Waals surface area contributed by atoms with E-state index in [1.165, 1.54) is 11.3 Å². The highest BCUT2D eigenvalue weighted by molar-refractivity contribution is 7.12. The number of carbonyl (C=O) groups excluding carboxylic acids is 1. The van der Waals surface area contributed by atoms with Crippen LogP contribution in [0.15, 0.2) is 53.9 Å². The monoisotopic (exact) mass is 391 g/mol. The Balaban J connectivity index is 1.64. The Morgan fingerprint density at radius 3 is 2.76 bits per heavy atom. The molecule has 3 aromatic rings. The number of anilines is 1. The van der Waals surface area contributed by atoms with E-state index in [0.29, 0.717) is 27.2 Å². The van der Waals surface area contributed by atoms with Gasteiger partial charge in [0.1, 0.15) is 12.4 Å². The van der Waals surface area contributed by atoms with Gasteiger partial charge in [-0.15, -0.1) is 11.3 Å². The van der Waals surface area contributed by atoms with Crippen LogP contribution >= 0.6 is 34.5 Å². The predicted octanol–water partition coefficient (Wildman–Crippen LogP) is 6.19. The fraction of sp³-hybridized carbons (Fsp3) is 0.105. The molecular weight excluding hydrogens is 377 g/mol. The van der Waals surface area contributed by atoms with Crippen LogP contribution in [0.2, 0.25) is 10.0 Å². The maximum atomic E-state index is 12.4. The molecule has 0 aliphatic heterocycles. The largest absolute Gasteiger partial charge is 0.489 e. The third-order valence-corrected chi connectivity index (χ3v) is 5.27. The topological polar surface area (TPSA) is 38.3 Å². The first-order valence-electron chi connectivity index (χ1n) is 7.55. The van der Waals surface area contributed by atoms with E-state index >= 15 is 0 Å². The zero-order valence-electron chi connectivity index (χ0n) is 13.4. The third-order valence-electron chi connectivity index (χ3n) is 3.47. The molecule has 0 aliphatic rings. The molecule has 0 aliphatic carbocycles. The van der Waals surface area contributed by atoms with Gasteiger partial charge in [-0.05, 0) is 48.2 Å². The number of ether oxygens (including phenoxy) is 1. The maximum Gasteiger partial charge on any atom is 0.265 e. The molecule has 0 unspecified atom stereocenters. The standard InChI is InChI=1S/C19H15Cl2NO2S/c1-12-4-2-5-14(8-12)24-10-13-9-17(25-11-13)19(23)22-16-7-3-6-15(20)18(16)21/h2-9,11H,10H2,1H3,(H,22,23). The highest BCUT2D eigenvalue weighted by Crippen LogP contribution is 2.30. The summed E-state index contributed by atoms with van der Waals surface area (Å²) in [5, 5.41) is 5.41. The lowest BCUT2D eigenvalue weighted by atomic mass is 10.2. The molecule has 6 heteroatoms. The molecule has 3 nitrogen and oxygen atoms in total. The number of hydrogen-bond acceptors (Lipinski definition) is 3. The summed E-state index contributed by atoms with van der Waals surface area (Å²) in [7, 11) is 0. The van der Waals surface area contributed by atoms with Gasteiger partial charge >= 0.3 is 0 Å². The Morgan fingerprint density at radius 1 is 1.16 bits per heavy atom. The first-order chi connectivity index (χ1) is 12.0. The van der Waals surface area contributed by atoms with Crippen molar-refractivity contribution in [1.82, 2.24) is 0 Å². The molecule has 0 radical (unpaired) electrons. The first-order valence-corrected chi connectivity index (χ1v) is 9.19. The normalized spacial score (nSPS) is 10.5. The lowest BCUT2D eigenvalue weighted by Gasteiger charge is -2.07. The zero-order valence-corrected chi connectivity index (χ0v) is 15.7. The van der Waals surface area contributed by atoms with Crippen molar-refractivity contribution in [3.63, 3.8) is 0 Å². The van der Waals surface area contributed by atoms with Crippen LogP contribution in [0.5, 0.6) is 5.75 Å². The van der Waals surface area contributed by atoms with E-state index < -0.39 is 0 Å². The van der Waals surface area contributed by atoms with Gasteiger partial charge in [-0.3, -0.25) is 4.79 Å². The second-order valence-corrected chi connectivity index (χ2v) is 7.18. The Hall–Kier alpha value is -2.01. The number of amides is 1. The SMILES string of the molecule is Cc1cccc(OCc2csc(C(=O)Nc3cccc(Cl)c3Cl)c2)c1. The summed E-state index contributed by atoms with van der Waals surface area (Å²) in [4.78, 5) is 12.9. The number of aryl methyl sites for hydroxylation is 1. The predicted molar refractivity (Wildman–Crippen MR) is 104 cm³/mol. The Bertz CT molecular complexity index is 908. The number of thiophene rings is 1. The Labute approximate surface area is 160 Å². The number of carbonyl (C=O) groups is 1. The summed E-state index contributed by atoms with van der Waals surface area (Å²) in [5.74, 6) is 0.582. The zero-order chi connectivity index (χ0) is 17.8. The average molecular weight is 392 g/mol. The van der Waals surface area contributed by atoms with Crippen LogP contribution in [-0.2, 0) is 6.61 Å². The van der Waals surface area contributed by atoms with Crippen LogP contribution in [0.4, 0.5) is 5.69 Å². The van der Waals surface area contributed by atoms with Crippen LogP contribution in [0.25, 0.3) is 0 Å². The highest BCUT2D eigenvalue weighted by Gasteiger charge is 2.12. The van der Waals surface area contributed by atoms with E-state index in [2.05, 4.69) is 5.32 Å². The fourth-order valence-electron chi connectivity index (χ4n) is 2.23. The molecule has 1 N–H and O–H groups in total. The molecule has 0 fully saturated rings. The molecule has 0 spiro atoms. The summed E-state index contributed by atoms with van der Waals surface area (Å²) in [5.41, 5.74) is 2.57. The van der Waals surface area contributed by atoms with Gasteiger partial charge in [-0.2, -0.15) is 0 Å². The fourth-order valence-corrected chi connectivity index (χ4v) is 3.37. The molecule has 0 atom stereocenters. The summed E-state index contributed by atoms with van der Waals surface area (Å²) in [6.07, 6.45) is 0. The summed E-state index contributed by atoms with van der Waals surface area (Å²) >= 11 is 13.4. The van der Waals surface area contributed by atoms with Gasteiger partial charge in [-0.25, -0.2) is 0 Å². The highest BCUT2D eigenvalue weighted by atomic mass is 35.5. The van der Waals surface area contributed by atoms with Crippen molar-refractivity contribution in [2.24, 2.45) is 0 Å². The molecule has 1 heterocycles. The van der Waals surface area contributed by atoms with Gasteiger partial charge < -0.3 is 10.1 Å². The minimum atomic E-state index is -0.226. The van der Waals surface area contributed by atoms with Crippen molar-refractivity contribution in [1.29, 1.82) is 0 Å². The Kier molecular flexibility index (Phi) is 5.63. The molecule has 0 saturated heterocycles. The molecule has 25 heavy (non-hydrogen) atoms. The van der Waals surface area contributed by atoms with Crippen LogP contribution in [-0.4, -0.2) is 5.91 Å². The number of benzene rings is 2. The molecule has 3 rings (SSSR count). The van der Waals surface area contributed by atoms with E-state index in [0.717, 1.165) is 16.9 Å². The van der Waals surface area contributed by atoms with Gasteiger partial charge in [0.05, 0.1) is 20.6 Å². The third kappa shape index (κ3) is 4.54. The number of nitrogens with one attached hydrogen (secondary N) is 1. The molecule has 2 aromatic carbocycles. The minimum absolute atomic E-state index is 0.226. The van der Waals surface area contributed by atoms with Crippen LogP contribution in [0.1, 0.15) is 20.8 Å². The smallest absolute Gasteiger partial charge is 0.265 e. The second-order valence-electron chi connectivity index (χ2n) is 5.48. The van der Waals surface area contributed by atoms with Gasteiger partial charge in [0, 0.05) is 5.56 Å². The van der Waals surface area contributed by atoms with Crippen LogP contribution in [0, 0.1) is 6.92 Å². The number of halogens is 2. The molecular formula is C19H15Cl2NO2S. The molecule has 0 bridgehead atoms. The summed E-state index contributed by atoms with van der Waals surface area (Å²) in [6.45, 7) is 2.42. The van der Waals surface area contributed by atoms with Crippen molar-refractivity contribution in [2.75, 3.05) is 5.32 Å². The van der Waals surface area contributed by atoms with Crippen LogP contribution < -0.4 is 10.1 Å². The number of rotatable bonds is 5.